The van der Waals surface area contributed by atoms with Gasteiger partial charge in [-0.05, 0) is 42.2 Å². The lowest BCUT2D eigenvalue weighted by molar-refractivity contribution is -0.136. The number of carbonyl (C=O) groups excluding carboxylic acids is 4. The highest BCUT2D eigenvalue weighted by atomic mass is 35.5. The lowest BCUT2D eigenvalue weighted by atomic mass is 10.0. The number of aryl methyl sites for hydroxylation is 1. The second-order valence-electron chi connectivity index (χ2n) is 7.63. The Morgan fingerprint density at radius 2 is 2.03 bits per heavy atom. The number of rotatable bonds is 4. The smallest absolute Gasteiger partial charge is 0.319 e. The van der Waals surface area contributed by atoms with Gasteiger partial charge in [-0.2, -0.15) is 0 Å². The molecule has 9 heteroatoms. The first-order valence-corrected chi connectivity index (χ1v) is 10.3. The number of halogens is 1. The molecule has 0 radical (unpaired) electrons. The molecule has 3 N–H and O–H groups in total. The molecule has 0 spiro atoms. The van der Waals surface area contributed by atoms with Crippen LogP contribution in [0, 0.1) is 6.92 Å². The molecule has 1 unspecified atom stereocenters. The van der Waals surface area contributed by atoms with E-state index in [1.54, 1.807) is 18.2 Å². The van der Waals surface area contributed by atoms with Crippen molar-refractivity contribution in [3.8, 4) is 0 Å². The number of nitrogens with one attached hydrogen (secondary N) is 3. The van der Waals surface area contributed by atoms with Gasteiger partial charge in [-0.3, -0.25) is 19.7 Å². The summed E-state index contributed by atoms with van der Waals surface area (Å²) >= 11 is 6.14. The summed E-state index contributed by atoms with van der Waals surface area (Å²) in [6.45, 7) is 2.40. The van der Waals surface area contributed by atoms with Gasteiger partial charge in [0.1, 0.15) is 6.04 Å². The molecule has 4 rings (SSSR count). The Morgan fingerprint density at radius 3 is 2.77 bits per heavy atom. The molecule has 31 heavy (non-hydrogen) atoms. The number of hydrogen-bond acceptors (Lipinski definition) is 4. The highest BCUT2D eigenvalue weighted by Gasteiger charge is 2.39. The van der Waals surface area contributed by atoms with Crippen LogP contribution in [-0.4, -0.2) is 34.7 Å². The fraction of sp³-hybridized carbons (Fsp3) is 0.273. The summed E-state index contributed by atoms with van der Waals surface area (Å²) < 4.78 is 0. The molecule has 2 aliphatic rings. The van der Waals surface area contributed by atoms with Gasteiger partial charge < -0.3 is 15.5 Å². The average Bonchev–Trinajstić information content (AvgIpc) is 3.05. The minimum absolute atomic E-state index is 0.214. The summed E-state index contributed by atoms with van der Waals surface area (Å²) in [4.78, 5) is 50.0. The van der Waals surface area contributed by atoms with Gasteiger partial charge in [0, 0.05) is 25.1 Å². The predicted octanol–water partition coefficient (Wildman–Crippen LogP) is 2.73. The lowest BCUT2D eigenvalue weighted by Crippen LogP contribution is -2.52. The van der Waals surface area contributed by atoms with Crippen molar-refractivity contribution < 1.29 is 19.2 Å². The predicted molar refractivity (Wildman–Crippen MR) is 115 cm³/mol. The Balaban J connectivity index is 1.40. The van der Waals surface area contributed by atoms with Crippen LogP contribution in [0.2, 0.25) is 5.02 Å². The Hall–Kier alpha value is -3.39. The maximum atomic E-state index is 12.7. The van der Waals surface area contributed by atoms with Crippen molar-refractivity contribution in [2.24, 2.45) is 0 Å². The summed E-state index contributed by atoms with van der Waals surface area (Å²) in [6.07, 6.45) is 0.534. The molecule has 1 fully saturated rings. The third-order valence-corrected chi connectivity index (χ3v) is 5.82. The lowest BCUT2D eigenvalue weighted by Gasteiger charge is -2.29. The first kappa shape index (κ1) is 20.9. The summed E-state index contributed by atoms with van der Waals surface area (Å²) in [7, 11) is 0. The van der Waals surface area contributed by atoms with Crippen LogP contribution in [0.1, 0.15) is 39.9 Å². The molecule has 0 bridgehead atoms. The molecular weight excluding hydrogens is 420 g/mol. The SMILES string of the molecule is Cc1cccc(Cl)c1NC(=O)NCc1ccc2c(c1)CN(C1CCC(=O)NC1=O)C2=O. The van der Waals surface area contributed by atoms with Crippen LogP contribution in [0.4, 0.5) is 10.5 Å². The number of benzene rings is 2. The van der Waals surface area contributed by atoms with E-state index in [2.05, 4.69) is 16.0 Å². The maximum Gasteiger partial charge on any atom is 0.319 e. The van der Waals surface area contributed by atoms with Crippen molar-refractivity contribution in [2.45, 2.75) is 38.9 Å². The van der Waals surface area contributed by atoms with Gasteiger partial charge >= 0.3 is 6.03 Å². The second-order valence-corrected chi connectivity index (χ2v) is 8.04. The van der Waals surface area contributed by atoms with Crippen LogP contribution in [0.15, 0.2) is 36.4 Å². The number of hydrogen-bond donors (Lipinski definition) is 3. The fourth-order valence-electron chi connectivity index (χ4n) is 3.87. The Bertz CT molecular complexity index is 1080. The van der Waals surface area contributed by atoms with Crippen LogP contribution in [0.3, 0.4) is 0 Å². The average molecular weight is 441 g/mol. The summed E-state index contributed by atoms with van der Waals surface area (Å²) in [5.74, 6) is -0.981. The van der Waals surface area contributed by atoms with Crippen molar-refractivity contribution in [1.82, 2.24) is 15.5 Å². The van der Waals surface area contributed by atoms with Crippen molar-refractivity contribution in [3.63, 3.8) is 0 Å². The van der Waals surface area contributed by atoms with E-state index in [1.165, 1.54) is 4.90 Å². The van der Waals surface area contributed by atoms with Crippen LogP contribution >= 0.6 is 11.6 Å². The van der Waals surface area contributed by atoms with Crippen molar-refractivity contribution in [1.29, 1.82) is 0 Å². The standard InChI is InChI=1S/C22H21ClN4O4/c1-12-3-2-4-16(23)19(12)26-22(31)24-10-13-5-6-15-14(9-13)11-27(21(15)30)17-7-8-18(28)25-20(17)29/h2-6,9,17H,7-8,10-11H2,1H3,(H2,24,26,31)(H,25,28,29). The Kier molecular flexibility index (Phi) is 5.65. The molecule has 160 valence electrons. The van der Waals surface area contributed by atoms with Crippen molar-refractivity contribution >= 4 is 41.0 Å². The van der Waals surface area contributed by atoms with Gasteiger partial charge in [-0.1, -0.05) is 35.9 Å². The van der Waals surface area contributed by atoms with Crippen LogP contribution in [0.25, 0.3) is 0 Å². The summed E-state index contributed by atoms with van der Waals surface area (Å²) in [5, 5.41) is 8.28. The van der Waals surface area contributed by atoms with Crippen molar-refractivity contribution in [3.05, 3.63) is 63.7 Å². The van der Waals surface area contributed by atoms with E-state index in [9.17, 15) is 19.2 Å². The molecule has 5 amide bonds. The first-order chi connectivity index (χ1) is 14.8. The van der Waals surface area contributed by atoms with E-state index in [-0.39, 0.29) is 24.8 Å². The number of fused-ring (bicyclic) bond motifs is 1. The van der Waals surface area contributed by atoms with Crippen LogP contribution < -0.4 is 16.0 Å². The van der Waals surface area contributed by atoms with E-state index < -0.39 is 18.0 Å². The molecule has 0 aromatic heterocycles. The molecule has 2 aromatic carbocycles. The van der Waals surface area contributed by atoms with Crippen molar-refractivity contribution in [2.75, 3.05) is 5.32 Å². The number of anilines is 1. The number of para-hydroxylation sites is 1. The van der Waals surface area contributed by atoms with Gasteiger partial charge in [0.2, 0.25) is 11.8 Å². The number of imide groups is 1. The van der Waals surface area contributed by atoms with E-state index in [1.807, 2.05) is 25.1 Å². The Morgan fingerprint density at radius 1 is 1.23 bits per heavy atom. The second kappa shape index (κ2) is 8.39. The summed E-state index contributed by atoms with van der Waals surface area (Å²) in [6, 6.07) is 9.65. The maximum absolute atomic E-state index is 12.7. The topological polar surface area (TPSA) is 108 Å². The first-order valence-electron chi connectivity index (χ1n) is 9.90. The number of piperidine rings is 1. The zero-order chi connectivity index (χ0) is 22.1. The molecule has 0 aliphatic carbocycles. The Labute approximate surface area is 183 Å². The zero-order valence-corrected chi connectivity index (χ0v) is 17.6. The quantitative estimate of drug-likeness (QED) is 0.635. The van der Waals surface area contributed by atoms with E-state index in [0.717, 1.165) is 16.7 Å². The molecule has 2 heterocycles. The highest BCUT2D eigenvalue weighted by Crippen LogP contribution is 2.28. The highest BCUT2D eigenvalue weighted by molar-refractivity contribution is 6.33. The molecule has 2 aromatic rings. The normalized spacial score (nSPS) is 17.9. The molecular formula is C22H21ClN4O4. The molecule has 0 saturated carbocycles. The molecule has 1 saturated heterocycles. The number of amides is 5. The minimum atomic E-state index is -0.649. The van der Waals surface area contributed by atoms with E-state index >= 15 is 0 Å². The third-order valence-electron chi connectivity index (χ3n) is 5.50. The van der Waals surface area contributed by atoms with Gasteiger partial charge in [-0.15, -0.1) is 0 Å². The largest absolute Gasteiger partial charge is 0.334 e. The molecule has 2 aliphatic heterocycles. The monoisotopic (exact) mass is 440 g/mol. The van der Waals surface area contributed by atoms with E-state index in [4.69, 9.17) is 11.6 Å². The van der Waals surface area contributed by atoms with Gasteiger partial charge in [-0.25, -0.2) is 4.79 Å². The third kappa shape index (κ3) is 4.25. The van der Waals surface area contributed by atoms with Crippen LogP contribution in [-0.2, 0) is 22.7 Å². The van der Waals surface area contributed by atoms with E-state index in [0.29, 0.717) is 29.2 Å². The molecule has 1 atom stereocenters. The summed E-state index contributed by atoms with van der Waals surface area (Å²) in [5.41, 5.74) is 3.55. The minimum Gasteiger partial charge on any atom is -0.334 e. The van der Waals surface area contributed by atoms with Gasteiger partial charge in [0.05, 0.1) is 10.7 Å². The van der Waals surface area contributed by atoms with Crippen LogP contribution in [0.5, 0.6) is 0 Å². The van der Waals surface area contributed by atoms with Gasteiger partial charge in [0.25, 0.3) is 5.91 Å². The van der Waals surface area contributed by atoms with Gasteiger partial charge in [0.15, 0.2) is 0 Å². The molecule has 8 nitrogen and oxygen atoms in total. The number of nitrogens with zero attached hydrogens (tertiary/aromatic N) is 1. The number of urea groups is 1. The zero-order valence-electron chi connectivity index (χ0n) is 16.8. The fourth-order valence-corrected chi connectivity index (χ4v) is 4.14. The number of carbonyl (C=O) groups is 4.